The van der Waals surface area contributed by atoms with Gasteiger partial charge in [0.05, 0.1) is 11.0 Å². The van der Waals surface area contributed by atoms with Crippen LogP contribution in [0.4, 0.5) is 5.69 Å². The zero-order valence-electron chi connectivity index (χ0n) is 10.4. The Morgan fingerprint density at radius 3 is 2.67 bits per heavy atom. The molecule has 2 atom stereocenters. The maximum atomic E-state index is 11.0. The number of hydrogen-bond donors (Lipinski definition) is 2. The monoisotopic (exact) mass is 316 g/mol. The van der Waals surface area contributed by atoms with Crippen molar-refractivity contribution in [2.75, 3.05) is 6.54 Å². The van der Waals surface area contributed by atoms with Crippen molar-refractivity contribution in [3.8, 4) is 0 Å². The highest BCUT2D eigenvalue weighted by Gasteiger charge is 2.31. The zero-order chi connectivity index (χ0) is 13.9. The predicted molar refractivity (Wildman–Crippen MR) is 73.3 cm³/mol. The number of nitro groups is 1. The zero-order valence-corrected chi connectivity index (χ0v) is 12.0. The molecule has 1 aromatic carbocycles. The lowest BCUT2D eigenvalue weighted by atomic mass is 9.79. The van der Waals surface area contributed by atoms with Crippen molar-refractivity contribution < 1.29 is 10.0 Å². The lowest BCUT2D eigenvalue weighted by Gasteiger charge is -2.31. The molecule has 2 unspecified atom stereocenters. The van der Waals surface area contributed by atoms with Crippen molar-refractivity contribution >= 4 is 21.6 Å². The average Bonchev–Trinajstić information content (AvgIpc) is 2.30. The summed E-state index contributed by atoms with van der Waals surface area (Å²) in [7, 11) is 0. The maximum absolute atomic E-state index is 11.0. The number of benzene rings is 1. The average molecular weight is 317 g/mol. The minimum absolute atomic E-state index is 0.0460. The van der Waals surface area contributed by atoms with Gasteiger partial charge in [0.25, 0.3) is 5.69 Å². The number of nitrogens with zero attached hydrogens (tertiary/aromatic N) is 1. The first-order chi connectivity index (χ1) is 8.30. The molecule has 0 aliphatic carbocycles. The lowest BCUT2D eigenvalue weighted by molar-refractivity contribution is -0.385. The van der Waals surface area contributed by atoms with Crippen molar-refractivity contribution in [1.29, 1.82) is 0 Å². The molecule has 0 spiro atoms. The van der Waals surface area contributed by atoms with Crippen molar-refractivity contribution in [3.63, 3.8) is 0 Å². The molecule has 100 valence electrons. The summed E-state index contributed by atoms with van der Waals surface area (Å²) in [5.74, 6) is 0. The third-order valence-corrected chi connectivity index (χ3v) is 3.81. The van der Waals surface area contributed by atoms with E-state index in [-0.39, 0.29) is 12.2 Å². The Bertz CT molecular complexity index is 451. The Labute approximate surface area is 114 Å². The Hall–Kier alpha value is -0.980. The molecule has 0 radical (unpaired) electrons. The molecule has 1 aromatic rings. The van der Waals surface area contributed by atoms with Crippen LogP contribution >= 0.6 is 15.9 Å². The summed E-state index contributed by atoms with van der Waals surface area (Å²) < 4.78 is 0.657. The SMILES string of the molecule is CC(O)C(C)(CN)Cc1ccc(Br)cc1[N+](=O)[O-]. The third-order valence-electron chi connectivity index (χ3n) is 3.31. The van der Waals surface area contributed by atoms with Crippen LogP contribution in [0.3, 0.4) is 0 Å². The Morgan fingerprint density at radius 2 is 2.22 bits per heavy atom. The minimum atomic E-state index is -0.634. The van der Waals surface area contributed by atoms with Crippen LogP contribution in [0.15, 0.2) is 22.7 Å². The van der Waals surface area contributed by atoms with Gasteiger partial charge < -0.3 is 10.8 Å². The Kier molecular flexibility index (Phi) is 4.84. The quantitative estimate of drug-likeness (QED) is 0.644. The summed E-state index contributed by atoms with van der Waals surface area (Å²) in [6, 6.07) is 4.91. The molecular formula is C12H17BrN2O3. The molecule has 18 heavy (non-hydrogen) atoms. The molecular weight excluding hydrogens is 300 g/mol. The number of rotatable bonds is 5. The molecule has 0 heterocycles. The molecule has 3 N–H and O–H groups in total. The number of halogens is 1. The topological polar surface area (TPSA) is 89.4 Å². The molecule has 0 saturated heterocycles. The smallest absolute Gasteiger partial charge is 0.273 e. The van der Waals surface area contributed by atoms with Gasteiger partial charge in [-0.2, -0.15) is 0 Å². The van der Waals surface area contributed by atoms with E-state index >= 15 is 0 Å². The van der Waals surface area contributed by atoms with Crippen molar-refractivity contribution in [3.05, 3.63) is 38.3 Å². The molecule has 0 bridgehead atoms. The van der Waals surface area contributed by atoms with Crippen LogP contribution in [0, 0.1) is 15.5 Å². The first kappa shape index (κ1) is 15.1. The normalized spacial score (nSPS) is 16.1. The van der Waals surface area contributed by atoms with E-state index < -0.39 is 16.4 Å². The summed E-state index contributed by atoms with van der Waals surface area (Å²) in [6.45, 7) is 3.73. The number of aliphatic hydroxyl groups excluding tert-OH is 1. The molecule has 0 fully saturated rings. The van der Waals surface area contributed by atoms with Crippen LogP contribution in [0.25, 0.3) is 0 Å². The van der Waals surface area contributed by atoms with Crippen molar-refractivity contribution in [1.82, 2.24) is 0 Å². The van der Waals surface area contributed by atoms with Gasteiger partial charge in [-0.05, 0) is 19.4 Å². The minimum Gasteiger partial charge on any atom is -0.393 e. The summed E-state index contributed by atoms with van der Waals surface area (Å²) in [5.41, 5.74) is 5.73. The van der Waals surface area contributed by atoms with E-state index in [1.165, 1.54) is 6.07 Å². The van der Waals surface area contributed by atoms with Gasteiger partial charge in [0.1, 0.15) is 0 Å². The summed E-state index contributed by atoms with van der Waals surface area (Å²) >= 11 is 3.21. The molecule has 0 aliphatic heterocycles. The van der Waals surface area contributed by atoms with E-state index in [0.717, 1.165) is 0 Å². The third kappa shape index (κ3) is 3.28. The maximum Gasteiger partial charge on any atom is 0.273 e. The van der Waals surface area contributed by atoms with Gasteiger partial charge in [-0.1, -0.05) is 28.9 Å². The summed E-state index contributed by atoms with van der Waals surface area (Å²) in [5, 5.41) is 20.8. The molecule has 1 rings (SSSR count). The largest absolute Gasteiger partial charge is 0.393 e. The second-order valence-electron chi connectivity index (χ2n) is 4.74. The van der Waals surface area contributed by atoms with Gasteiger partial charge in [0.15, 0.2) is 0 Å². The molecule has 0 amide bonds. The summed E-state index contributed by atoms with van der Waals surface area (Å²) in [6.07, 6.45) is -0.268. The van der Waals surface area contributed by atoms with Crippen LogP contribution in [0.1, 0.15) is 19.4 Å². The van der Waals surface area contributed by atoms with Gasteiger partial charge in [-0.3, -0.25) is 10.1 Å². The number of aliphatic hydroxyl groups is 1. The van der Waals surface area contributed by atoms with Gasteiger partial charge >= 0.3 is 0 Å². The first-order valence-electron chi connectivity index (χ1n) is 5.61. The standard InChI is InChI=1S/C12H17BrN2O3/c1-8(16)12(2,7-14)6-9-3-4-10(13)5-11(9)15(17)18/h3-5,8,16H,6-7,14H2,1-2H3. The highest BCUT2D eigenvalue weighted by molar-refractivity contribution is 9.10. The molecule has 6 heteroatoms. The second-order valence-corrected chi connectivity index (χ2v) is 5.66. The van der Waals surface area contributed by atoms with Crippen LogP contribution in [0.2, 0.25) is 0 Å². The fraction of sp³-hybridized carbons (Fsp3) is 0.500. The van der Waals surface area contributed by atoms with Gasteiger partial charge in [-0.25, -0.2) is 0 Å². The molecule has 0 saturated carbocycles. The number of nitro benzene ring substituents is 1. The molecule has 5 nitrogen and oxygen atoms in total. The van der Waals surface area contributed by atoms with Crippen LogP contribution < -0.4 is 5.73 Å². The van der Waals surface area contributed by atoms with Gasteiger partial charge in [0, 0.05) is 28.1 Å². The first-order valence-corrected chi connectivity index (χ1v) is 6.40. The highest BCUT2D eigenvalue weighted by atomic mass is 79.9. The van der Waals surface area contributed by atoms with E-state index in [1.54, 1.807) is 19.1 Å². The fourth-order valence-corrected chi connectivity index (χ4v) is 2.03. The summed E-state index contributed by atoms with van der Waals surface area (Å²) in [4.78, 5) is 10.6. The molecule has 0 aromatic heterocycles. The van der Waals surface area contributed by atoms with Crippen molar-refractivity contribution in [2.45, 2.75) is 26.4 Å². The van der Waals surface area contributed by atoms with E-state index in [2.05, 4.69) is 15.9 Å². The lowest BCUT2D eigenvalue weighted by Crippen LogP contribution is -2.39. The highest BCUT2D eigenvalue weighted by Crippen LogP contribution is 2.31. The van der Waals surface area contributed by atoms with Crippen molar-refractivity contribution in [2.24, 2.45) is 11.1 Å². The van der Waals surface area contributed by atoms with Gasteiger partial charge in [-0.15, -0.1) is 0 Å². The van der Waals surface area contributed by atoms with Crippen LogP contribution in [0.5, 0.6) is 0 Å². The van der Waals surface area contributed by atoms with E-state index in [1.807, 2.05) is 6.92 Å². The predicted octanol–water partition coefficient (Wildman–Crippen LogP) is 2.25. The van der Waals surface area contributed by atoms with Gasteiger partial charge in [0.2, 0.25) is 0 Å². The Balaban J connectivity index is 3.14. The van der Waals surface area contributed by atoms with E-state index in [4.69, 9.17) is 5.73 Å². The van der Waals surface area contributed by atoms with Crippen LogP contribution in [-0.2, 0) is 6.42 Å². The second kappa shape index (κ2) is 5.77. The number of hydrogen-bond acceptors (Lipinski definition) is 4. The van der Waals surface area contributed by atoms with Crippen LogP contribution in [-0.4, -0.2) is 22.7 Å². The Morgan fingerprint density at radius 1 is 1.61 bits per heavy atom. The van der Waals surface area contributed by atoms with E-state index in [0.29, 0.717) is 16.5 Å². The fourth-order valence-electron chi connectivity index (χ4n) is 1.68. The molecule has 0 aliphatic rings. The van der Waals surface area contributed by atoms with E-state index in [9.17, 15) is 15.2 Å². The number of nitrogens with two attached hydrogens (primary N) is 1.